The van der Waals surface area contributed by atoms with E-state index in [4.69, 9.17) is 16.3 Å². The summed E-state index contributed by atoms with van der Waals surface area (Å²) in [7, 11) is 0. The Morgan fingerprint density at radius 2 is 2.12 bits per heavy atom. The molecule has 6 heteroatoms. The maximum Gasteiger partial charge on any atom is 0.322 e. The van der Waals surface area contributed by atoms with Crippen LogP contribution in [0.1, 0.15) is 0 Å². The van der Waals surface area contributed by atoms with Crippen molar-refractivity contribution in [3.8, 4) is 0 Å². The number of hydrogen-bond acceptors (Lipinski definition) is 2. The molecule has 0 aliphatic carbocycles. The van der Waals surface area contributed by atoms with Crippen LogP contribution in [0.5, 0.6) is 0 Å². The van der Waals surface area contributed by atoms with Crippen LogP contribution in [0.25, 0.3) is 0 Å². The molecular formula is C11H12ClFN2O2. The standard InChI is InChI=1S/C11H12ClFN2O2/c12-8-1-2-10(9(13)7-8)14-11(16)15-3-5-17-6-4-15/h1-2,7H,3-6H2,(H,14,16). The quantitative estimate of drug-likeness (QED) is 0.840. The van der Waals surface area contributed by atoms with Gasteiger partial charge >= 0.3 is 6.03 Å². The molecule has 1 N–H and O–H groups in total. The molecule has 1 fully saturated rings. The topological polar surface area (TPSA) is 41.6 Å². The number of ether oxygens (including phenoxy) is 1. The van der Waals surface area contributed by atoms with Gasteiger partial charge in [-0.3, -0.25) is 0 Å². The maximum atomic E-state index is 13.4. The number of halogens is 2. The van der Waals surface area contributed by atoms with Crippen molar-refractivity contribution in [3.63, 3.8) is 0 Å². The molecule has 0 bridgehead atoms. The summed E-state index contributed by atoms with van der Waals surface area (Å²) in [5, 5.41) is 2.80. The Kier molecular flexibility index (Phi) is 3.81. The van der Waals surface area contributed by atoms with Crippen molar-refractivity contribution in [1.82, 2.24) is 4.90 Å². The van der Waals surface area contributed by atoms with Gasteiger partial charge in [-0.25, -0.2) is 9.18 Å². The summed E-state index contributed by atoms with van der Waals surface area (Å²) in [6.45, 7) is 2.05. The van der Waals surface area contributed by atoms with Crippen molar-refractivity contribution in [3.05, 3.63) is 29.0 Å². The number of nitrogens with zero attached hydrogens (tertiary/aromatic N) is 1. The first-order chi connectivity index (χ1) is 8.16. The number of carbonyl (C=O) groups is 1. The predicted molar refractivity (Wildman–Crippen MR) is 62.8 cm³/mol. The lowest BCUT2D eigenvalue weighted by atomic mass is 10.3. The highest BCUT2D eigenvalue weighted by Crippen LogP contribution is 2.19. The van der Waals surface area contributed by atoms with Crippen LogP contribution in [-0.2, 0) is 4.74 Å². The van der Waals surface area contributed by atoms with Gasteiger partial charge in [0.25, 0.3) is 0 Å². The summed E-state index contributed by atoms with van der Waals surface area (Å²) in [5.41, 5.74) is 0.130. The molecular weight excluding hydrogens is 247 g/mol. The molecule has 0 atom stereocenters. The molecule has 2 rings (SSSR count). The Labute approximate surface area is 103 Å². The van der Waals surface area contributed by atoms with Crippen molar-refractivity contribution in [2.45, 2.75) is 0 Å². The van der Waals surface area contributed by atoms with Gasteiger partial charge in [0.1, 0.15) is 5.82 Å². The second-order valence-corrected chi connectivity index (χ2v) is 4.09. The van der Waals surface area contributed by atoms with Gasteiger partial charge in [0.15, 0.2) is 0 Å². The molecule has 1 aliphatic rings. The molecule has 92 valence electrons. The lowest BCUT2D eigenvalue weighted by Gasteiger charge is -2.26. The molecule has 17 heavy (non-hydrogen) atoms. The third-order valence-electron chi connectivity index (χ3n) is 2.47. The highest BCUT2D eigenvalue weighted by atomic mass is 35.5. The minimum atomic E-state index is -0.542. The van der Waals surface area contributed by atoms with E-state index in [1.54, 1.807) is 4.90 Å². The van der Waals surface area contributed by atoms with E-state index in [0.717, 1.165) is 6.07 Å². The number of anilines is 1. The molecule has 0 unspecified atom stereocenters. The van der Waals surface area contributed by atoms with Crippen LogP contribution < -0.4 is 5.32 Å². The van der Waals surface area contributed by atoms with Crippen LogP contribution >= 0.6 is 11.6 Å². The van der Waals surface area contributed by atoms with Crippen LogP contribution in [0.15, 0.2) is 18.2 Å². The zero-order chi connectivity index (χ0) is 12.3. The summed E-state index contributed by atoms with van der Waals surface area (Å²) >= 11 is 5.62. The van der Waals surface area contributed by atoms with Gasteiger partial charge in [0.2, 0.25) is 0 Å². The normalized spacial score (nSPS) is 15.8. The van der Waals surface area contributed by atoms with E-state index in [2.05, 4.69) is 5.32 Å². The van der Waals surface area contributed by atoms with E-state index in [1.165, 1.54) is 12.1 Å². The summed E-state index contributed by atoms with van der Waals surface area (Å²) in [6.07, 6.45) is 0. The van der Waals surface area contributed by atoms with E-state index in [-0.39, 0.29) is 11.7 Å². The van der Waals surface area contributed by atoms with E-state index in [0.29, 0.717) is 31.3 Å². The molecule has 2 amide bonds. The summed E-state index contributed by atoms with van der Waals surface area (Å²) < 4.78 is 18.6. The Morgan fingerprint density at radius 3 is 2.76 bits per heavy atom. The molecule has 0 radical (unpaired) electrons. The number of rotatable bonds is 1. The first-order valence-electron chi connectivity index (χ1n) is 5.25. The molecule has 0 saturated carbocycles. The van der Waals surface area contributed by atoms with E-state index < -0.39 is 5.82 Å². The third-order valence-corrected chi connectivity index (χ3v) is 2.71. The lowest BCUT2D eigenvalue weighted by Crippen LogP contribution is -2.43. The zero-order valence-electron chi connectivity index (χ0n) is 9.08. The number of nitrogens with one attached hydrogen (secondary N) is 1. The molecule has 0 aromatic heterocycles. The Hall–Kier alpha value is -1.33. The van der Waals surface area contributed by atoms with E-state index in [1.807, 2.05) is 0 Å². The average molecular weight is 259 g/mol. The SMILES string of the molecule is O=C(Nc1ccc(Cl)cc1F)N1CCOCC1. The average Bonchev–Trinajstić information content (AvgIpc) is 2.34. The van der Waals surface area contributed by atoms with Crippen LogP contribution in [0.3, 0.4) is 0 Å². The van der Waals surface area contributed by atoms with Gasteiger partial charge < -0.3 is 15.0 Å². The molecule has 1 aromatic rings. The fourth-order valence-corrected chi connectivity index (χ4v) is 1.71. The Balaban J connectivity index is 2.02. The number of hydrogen-bond donors (Lipinski definition) is 1. The van der Waals surface area contributed by atoms with Crippen molar-refractivity contribution >= 4 is 23.3 Å². The van der Waals surface area contributed by atoms with Crippen molar-refractivity contribution < 1.29 is 13.9 Å². The second kappa shape index (κ2) is 5.33. The van der Waals surface area contributed by atoms with E-state index >= 15 is 0 Å². The summed E-state index contributed by atoms with van der Waals surface area (Å²) in [4.78, 5) is 13.3. The first kappa shape index (κ1) is 12.1. The van der Waals surface area contributed by atoms with Crippen LogP contribution in [0.4, 0.5) is 14.9 Å². The van der Waals surface area contributed by atoms with Crippen LogP contribution in [0.2, 0.25) is 5.02 Å². The molecule has 1 aliphatic heterocycles. The number of morpholine rings is 1. The minimum absolute atomic E-state index is 0.130. The van der Waals surface area contributed by atoms with Crippen molar-refractivity contribution in [2.75, 3.05) is 31.6 Å². The van der Waals surface area contributed by atoms with Gasteiger partial charge in [0.05, 0.1) is 18.9 Å². The van der Waals surface area contributed by atoms with Crippen molar-refractivity contribution in [1.29, 1.82) is 0 Å². The number of amides is 2. The third kappa shape index (κ3) is 3.08. The molecule has 4 nitrogen and oxygen atoms in total. The largest absolute Gasteiger partial charge is 0.378 e. The fourth-order valence-electron chi connectivity index (χ4n) is 1.55. The van der Waals surface area contributed by atoms with Gasteiger partial charge in [-0.1, -0.05) is 11.6 Å². The van der Waals surface area contributed by atoms with Crippen LogP contribution in [-0.4, -0.2) is 37.2 Å². The fraction of sp³-hybridized carbons (Fsp3) is 0.364. The van der Waals surface area contributed by atoms with Gasteiger partial charge in [-0.05, 0) is 18.2 Å². The summed E-state index contributed by atoms with van der Waals surface area (Å²) in [6, 6.07) is 3.81. The maximum absolute atomic E-state index is 13.4. The smallest absolute Gasteiger partial charge is 0.322 e. The number of carbonyl (C=O) groups excluding carboxylic acids is 1. The first-order valence-corrected chi connectivity index (χ1v) is 5.63. The molecule has 1 saturated heterocycles. The predicted octanol–water partition coefficient (Wildman–Crippen LogP) is 2.34. The summed E-state index contributed by atoms with van der Waals surface area (Å²) in [5.74, 6) is -0.542. The van der Waals surface area contributed by atoms with Crippen molar-refractivity contribution in [2.24, 2.45) is 0 Å². The van der Waals surface area contributed by atoms with Crippen LogP contribution in [0, 0.1) is 5.82 Å². The minimum Gasteiger partial charge on any atom is -0.378 e. The lowest BCUT2D eigenvalue weighted by molar-refractivity contribution is 0.0564. The Morgan fingerprint density at radius 1 is 1.41 bits per heavy atom. The zero-order valence-corrected chi connectivity index (χ0v) is 9.84. The molecule has 1 aromatic carbocycles. The highest BCUT2D eigenvalue weighted by molar-refractivity contribution is 6.30. The van der Waals surface area contributed by atoms with Gasteiger partial charge in [-0.15, -0.1) is 0 Å². The molecule has 0 spiro atoms. The Bertz CT molecular complexity index is 422. The highest BCUT2D eigenvalue weighted by Gasteiger charge is 2.17. The second-order valence-electron chi connectivity index (χ2n) is 3.65. The number of benzene rings is 1. The monoisotopic (exact) mass is 258 g/mol. The molecule has 1 heterocycles. The van der Waals surface area contributed by atoms with E-state index in [9.17, 15) is 9.18 Å². The number of urea groups is 1. The van der Waals surface area contributed by atoms with Gasteiger partial charge in [0, 0.05) is 18.1 Å². The van der Waals surface area contributed by atoms with Gasteiger partial charge in [-0.2, -0.15) is 0 Å².